The van der Waals surface area contributed by atoms with E-state index < -0.39 is 0 Å². The summed E-state index contributed by atoms with van der Waals surface area (Å²) in [6.07, 6.45) is 6.02. The number of hydrogen-bond acceptors (Lipinski definition) is 4. The molecule has 2 aliphatic heterocycles. The Kier molecular flexibility index (Phi) is 6.25. The van der Waals surface area contributed by atoms with Crippen molar-refractivity contribution in [2.24, 2.45) is 4.99 Å². The molecule has 2 fully saturated rings. The van der Waals surface area contributed by atoms with Gasteiger partial charge in [-0.1, -0.05) is 6.07 Å². The smallest absolute Gasteiger partial charge is 0.212 e. The summed E-state index contributed by atoms with van der Waals surface area (Å²) in [5.41, 5.74) is 1.09. The number of fused-ring (bicyclic) bond motifs is 2. The van der Waals surface area contributed by atoms with Gasteiger partial charge in [-0.25, -0.2) is 4.98 Å². The minimum absolute atomic E-state index is 0. The summed E-state index contributed by atoms with van der Waals surface area (Å²) in [5.74, 6) is 1.44. The Bertz CT molecular complexity index is 509. The highest BCUT2D eigenvalue weighted by Gasteiger charge is 2.41. The van der Waals surface area contributed by atoms with Crippen LogP contribution in [-0.2, 0) is 11.3 Å². The highest BCUT2D eigenvalue weighted by Crippen LogP contribution is 2.34. The third kappa shape index (κ3) is 4.01. The SMILES string of the molecule is CN=C(NCc1ccc(OC)nc1)NC1CC2CCC1O2.I. The molecule has 3 rings (SSSR count). The van der Waals surface area contributed by atoms with E-state index in [2.05, 4.69) is 20.6 Å². The largest absolute Gasteiger partial charge is 0.481 e. The highest BCUT2D eigenvalue weighted by molar-refractivity contribution is 14.0. The summed E-state index contributed by atoms with van der Waals surface area (Å²) in [5, 5.41) is 6.77. The molecule has 0 amide bonds. The number of ether oxygens (including phenoxy) is 2. The van der Waals surface area contributed by atoms with Gasteiger partial charge in [-0.2, -0.15) is 0 Å². The standard InChI is InChI=1S/C15H22N4O2.HI/c1-16-15(19-12-7-11-4-5-13(12)21-11)18-9-10-3-6-14(20-2)17-8-10;/h3,6,8,11-13H,4-5,7,9H2,1-2H3,(H2,16,18,19);1H. The fraction of sp³-hybridized carbons (Fsp3) is 0.600. The Hall–Kier alpha value is -1.09. The number of nitrogens with one attached hydrogen (secondary N) is 2. The van der Waals surface area contributed by atoms with Crippen LogP contribution in [0.5, 0.6) is 5.88 Å². The van der Waals surface area contributed by atoms with Gasteiger partial charge in [0.15, 0.2) is 5.96 Å². The number of halogens is 1. The van der Waals surface area contributed by atoms with Gasteiger partial charge in [-0.15, -0.1) is 24.0 Å². The van der Waals surface area contributed by atoms with Crippen molar-refractivity contribution < 1.29 is 9.47 Å². The molecule has 0 radical (unpaired) electrons. The number of aromatic nitrogens is 1. The van der Waals surface area contributed by atoms with Crippen LogP contribution in [0.3, 0.4) is 0 Å². The lowest BCUT2D eigenvalue weighted by atomic mass is 9.96. The first-order valence-corrected chi connectivity index (χ1v) is 7.40. The summed E-state index contributed by atoms with van der Waals surface area (Å²) in [4.78, 5) is 8.47. The van der Waals surface area contributed by atoms with E-state index in [0.717, 1.165) is 24.4 Å². The monoisotopic (exact) mass is 418 g/mol. The van der Waals surface area contributed by atoms with Crippen molar-refractivity contribution >= 4 is 29.9 Å². The van der Waals surface area contributed by atoms with Crippen molar-refractivity contribution in [1.29, 1.82) is 0 Å². The molecule has 3 unspecified atom stereocenters. The molecule has 2 saturated heterocycles. The zero-order chi connectivity index (χ0) is 14.7. The number of aliphatic imine (C=N–C) groups is 1. The van der Waals surface area contributed by atoms with Crippen molar-refractivity contribution in [3.8, 4) is 5.88 Å². The van der Waals surface area contributed by atoms with Gasteiger partial charge in [0.05, 0.1) is 25.4 Å². The quantitative estimate of drug-likeness (QED) is 0.443. The van der Waals surface area contributed by atoms with E-state index in [-0.39, 0.29) is 24.0 Å². The maximum absolute atomic E-state index is 5.85. The number of guanidine groups is 1. The number of rotatable bonds is 4. The summed E-state index contributed by atoms with van der Waals surface area (Å²) < 4.78 is 10.9. The zero-order valence-corrected chi connectivity index (χ0v) is 15.2. The molecule has 0 spiro atoms. The molecule has 0 saturated carbocycles. The average Bonchev–Trinajstić information content (AvgIpc) is 3.14. The normalized spacial score (nSPS) is 26.5. The Morgan fingerprint density at radius 1 is 1.45 bits per heavy atom. The second-order valence-corrected chi connectivity index (χ2v) is 5.50. The summed E-state index contributed by atoms with van der Waals surface area (Å²) >= 11 is 0. The molecule has 122 valence electrons. The first-order chi connectivity index (χ1) is 10.3. The molecule has 2 N–H and O–H groups in total. The second kappa shape index (κ2) is 7.96. The Morgan fingerprint density at radius 3 is 2.86 bits per heavy atom. The lowest BCUT2D eigenvalue weighted by Gasteiger charge is -2.22. The van der Waals surface area contributed by atoms with Gasteiger partial charge in [0, 0.05) is 25.9 Å². The minimum atomic E-state index is 0. The van der Waals surface area contributed by atoms with Crippen LogP contribution >= 0.6 is 24.0 Å². The Labute approximate surface area is 148 Å². The highest BCUT2D eigenvalue weighted by atomic mass is 127. The van der Waals surface area contributed by atoms with Crippen LogP contribution < -0.4 is 15.4 Å². The molecule has 22 heavy (non-hydrogen) atoms. The Morgan fingerprint density at radius 2 is 2.32 bits per heavy atom. The first-order valence-electron chi connectivity index (χ1n) is 7.40. The number of hydrogen-bond donors (Lipinski definition) is 2. The zero-order valence-electron chi connectivity index (χ0n) is 12.9. The van der Waals surface area contributed by atoms with Gasteiger partial charge in [0.1, 0.15) is 0 Å². The molecule has 7 heteroatoms. The van der Waals surface area contributed by atoms with E-state index in [4.69, 9.17) is 9.47 Å². The van der Waals surface area contributed by atoms with E-state index >= 15 is 0 Å². The lowest BCUT2D eigenvalue weighted by Crippen LogP contribution is -2.47. The molecule has 1 aromatic rings. The van der Waals surface area contributed by atoms with Crippen LogP contribution in [0, 0.1) is 0 Å². The maximum atomic E-state index is 5.85. The van der Waals surface area contributed by atoms with Crippen molar-refractivity contribution in [2.75, 3.05) is 14.2 Å². The molecular weight excluding hydrogens is 395 g/mol. The summed E-state index contributed by atoms with van der Waals surface area (Å²) in [6, 6.07) is 4.23. The van der Waals surface area contributed by atoms with Crippen LogP contribution in [-0.4, -0.2) is 43.4 Å². The lowest BCUT2D eigenvalue weighted by molar-refractivity contribution is 0.0992. The summed E-state index contributed by atoms with van der Waals surface area (Å²) in [6.45, 7) is 0.679. The van der Waals surface area contributed by atoms with Crippen molar-refractivity contribution in [3.63, 3.8) is 0 Å². The van der Waals surface area contributed by atoms with Crippen LogP contribution in [0.4, 0.5) is 0 Å². The van der Waals surface area contributed by atoms with Gasteiger partial charge >= 0.3 is 0 Å². The molecule has 2 bridgehead atoms. The number of methoxy groups -OCH3 is 1. The summed E-state index contributed by atoms with van der Waals surface area (Å²) in [7, 11) is 3.40. The van der Waals surface area contributed by atoms with Gasteiger partial charge < -0.3 is 20.1 Å². The molecule has 3 heterocycles. The molecule has 0 aromatic carbocycles. The van der Waals surface area contributed by atoms with Crippen LogP contribution in [0.15, 0.2) is 23.3 Å². The fourth-order valence-electron chi connectivity index (χ4n) is 2.98. The average molecular weight is 418 g/mol. The van der Waals surface area contributed by atoms with Gasteiger partial charge in [-0.3, -0.25) is 4.99 Å². The fourth-order valence-corrected chi connectivity index (χ4v) is 2.98. The van der Waals surface area contributed by atoms with Gasteiger partial charge in [-0.05, 0) is 24.8 Å². The van der Waals surface area contributed by atoms with Gasteiger partial charge in [0.2, 0.25) is 5.88 Å². The van der Waals surface area contributed by atoms with E-state index in [9.17, 15) is 0 Å². The van der Waals surface area contributed by atoms with Crippen LogP contribution in [0.1, 0.15) is 24.8 Å². The van der Waals surface area contributed by atoms with E-state index in [1.54, 1.807) is 20.4 Å². The van der Waals surface area contributed by atoms with E-state index in [0.29, 0.717) is 30.7 Å². The number of nitrogens with zero attached hydrogens (tertiary/aromatic N) is 2. The van der Waals surface area contributed by atoms with E-state index in [1.165, 1.54) is 6.42 Å². The molecular formula is C15H23IN4O2. The van der Waals surface area contributed by atoms with E-state index in [1.807, 2.05) is 12.1 Å². The van der Waals surface area contributed by atoms with Gasteiger partial charge in [0.25, 0.3) is 0 Å². The molecule has 6 nitrogen and oxygen atoms in total. The third-order valence-electron chi connectivity index (χ3n) is 4.12. The third-order valence-corrected chi connectivity index (χ3v) is 4.12. The predicted molar refractivity (Wildman–Crippen MR) is 95.8 cm³/mol. The predicted octanol–water partition coefficient (Wildman–Crippen LogP) is 1.69. The molecule has 1 aromatic heterocycles. The van der Waals surface area contributed by atoms with Crippen LogP contribution in [0.25, 0.3) is 0 Å². The molecule has 2 aliphatic rings. The topological polar surface area (TPSA) is 67.8 Å². The maximum Gasteiger partial charge on any atom is 0.212 e. The van der Waals surface area contributed by atoms with Crippen molar-refractivity contribution in [3.05, 3.63) is 23.9 Å². The molecule has 0 aliphatic carbocycles. The molecule has 3 atom stereocenters. The number of pyridine rings is 1. The van der Waals surface area contributed by atoms with Crippen LogP contribution in [0.2, 0.25) is 0 Å². The van der Waals surface area contributed by atoms with Crippen molar-refractivity contribution in [2.45, 2.75) is 44.1 Å². The van der Waals surface area contributed by atoms with Crippen molar-refractivity contribution in [1.82, 2.24) is 15.6 Å². The second-order valence-electron chi connectivity index (χ2n) is 5.50. The minimum Gasteiger partial charge on any atom is -0.481 e. The first kappa shape index (κ1) is 17.3. The Balaban J connectivity index is 0.00000176.